The summed E-state index contributed by atoms with van der Waals surface area (Å²) >= 11 is 9.28. The normalized spacial score (nSPS) is 19.0. The van der Waals surface area contributed by atoms with Crippen LogP contribution in [0.15, 0.2) is 12.1 Å². The maximum absolute atomic E-state index is 12.0. The van der Waals surface area contributed by atoms with Gasteiger partial charge < -0.3 is 4.90 Å². The number of hydrogen-bond acceptors (Lipinski definition) is 3. The first kappa shape index (κ1) is 14.3. The van der Waals surface area contributed by atoms with Gasteiger partial charge in [0.1, 0.15) is 5.02 Å². The van der Waals surface area contributed by atoms with Crippen molar-refractivity contribution in [3.63, 3.8) is 0 Å². The summed E-state index contributed by atoms with van der Waals surface area (Å²) in [5.74, 6) is 0.290. The molecule has 1 aliphatic heterocycles. The van der Waals surface area contributed by atoms with Crippen molar-refractivity contribution < 1.29 is 9.72 Å². The van der Waals surface area contributed by atoms with Crippen LogP contribution < -0.4 is 4.90 Å². The van der Waals surface area contributed by atoms with E-state index < -0.39 is 4.92 Å². The Labute approximate surface area is 123 Å². The topological polar surface area (TPSA) is 63.5 Å². The lowest BCUT2D eigenvalue weighted by Crippen LogP contribution is -2.25. The maximum atomic E-state index is 12.0. The number of rotatable bonds is 3. The van der Waals surface area contributed by atoms with Gasteiger partial charge in [-0.2, -0.15) is 0 Å². The fourth-order valence-electron chi connectivity index (χ4n) is 2.20. The second kappa shape index (κ2) is 5.46. The summed E-state index contributed by atoms with van der Waals surface area (Å²) in [6.07, 6.45) is 0.485. The number of aryl methyl sites for hydroxylation is 1. The molecule has 0 aliphatic carbocycles. The number of nitrogens with zero attached hydrogens (tertiary/aromatic N) is 2. The van der Waals surface area contributed by atoms with E-state index in [0.29, 0.717) is 24.2 Å². The van der Waals surface area contributed by atoms with Crippen LogP contribution >= 0.6 is 27.5 Å². The van der Waals surface area contributed by atoms with E-state index in [9.17, 15) is 14.9 Å². The van der Waals surface area contributed by atoms with Crippen LogP contribution in [0.25, 0.3) is 0 Å². The molecule has 1 unspecified atom stereocenters. The number of nitro benzene ring substituents is 1. The molecule has 5 nitrogen and oxygen atoms in total. The van der Waals surface area contributed by atoms with Crippen LogP contribution in [0.5, 0.6) is 0 Å². The molecule has 0 N–H and O–H groups in total. The van der Waals surface area contributed by atoms with Crippen molar-refractivity contribution in [3.8, 4) is 0 Å². The van der Waals surface area contributed by atoms with Gasteiger partial charge >= 0.3 is 0 Å². The summed E-state index contributed by atoms with van der Waals surface area (Å²) in [4.78, 5) is 23.9. The van der Waals surface area contributed by atoms with Gasteiger partial charge in [-0.3, -0.25) is 14.9 Å². The van der Waals surface area contributed by atoms with Crippen LogP contribution in [0.3, 0.4) is 0 Å². The van der Waals surface area contributed by atoms with Gasteiger partial charge in [0.25, 0.3) is 5.69 Å². The van der Waals surface area contributed by atoms with Gasteiger partial charge in [0.05, 0.1) is 4.92 Å². The minimum Gasteiger partial charge on any atom is -0.312 e. The summed E-state index contributed by atoms with van der Waals surface area (Å²) in [5, 5.41) is 11.6. The molecule has 0 aromatic heterocycles. The van der Waals surface area contributed by atoms with E-state index >= 15 is 0 Å². The Morgan fingerprint density at radius 1 is 1.58 bits per heavy atom. The number of carbonyl (C=O) groups excluding carboxylic acids is 1. The molecular formula is C12H12BrClN2O3. The lowest BCUT2D eigenvalue weighted by Gasteiger charge is -2.19. The Bertz CT molecular complexity index is 550. The fraction of sp³-hybridized carbons (Fsp3) is 0.417. The van der Waals surface area contributed by atoms with E-state index in [2.05, 4.69) is 15.9 Å². The summed E-state index contributed by atoms with van der Waals surface area (Å²) in [7, 11) is 0. The SMILES string of the molecule is Cc1cc([N+](=O)[O-])c(Cl)cc1N1CC(CBr)CC1=O. The number of alkyl halides is 1. The third-order valence-corrected chi connectivity index (χ3v) is 4.39. The minimum atomic E-state index is -0.522. The number of carbonyl (C=O) groups is 1. The zero-order chi connectivity index (χ0) is 14.2. The summed E-state index contributed by atoms with van der Waals surface area (Å²) in [6.45, 7) is 2.35. The van der Waals surface area contributed by atoms with Gasteiger partial charge in [-0.15, -0.1) is 0 Å². The van der Waals surface area contributed by atoms with E-state index in [1.54, 1.807) is 11.8 Å². The number of nitro groups is 1. The fourth-order valence-corrected chi connectivity index (χ4v) is 2.86. The van der Waals surface area contributed by atoms with Crippen molar-refractivity contribution in [2.75, 3.05) is 16.8 Å². The average molecular weight is 348 g/mol. The summed E-state index contributed by atoms with van der Waals surface area (Å²) in [6, 6.07) is 2.91. The standard InChI is InChI=1S/C12H12BrClN2O3/c1-7-2-11(16(18)19)9(14)4-10(7)15-6-8(5-13)3-12(15)17/h2,4,8H,3,5-6H2,1H3. The first-order valence-electron chi connectivity index (χ1n) is 5.75. The molecule has 1 atom stereocenters. The van der Waals surface area contributed by atoms with Gasteiger partial charge in [-0.25, -0.2) is 0 Å². The van der Waals surface area contributed by atoms with Crippen molar-refractivity contribution in [2.45, 2.75) is 13.3 Å². The van der Waals surface area contributed by atoms with Crippen LogP contribution in [0.2, 0.25) is 5.02 Å². The molecule has 1 aromatic carbocycles. The van der Waals surface area contributed by atoms with E-state index in [-0.39, 0.29) is 22.5 Å². The molecule has 0 saturated carbocycles. The first-order chi connectivity index (χ1) is 8.93. The van der Waals surface area contributed by atoms with Crippen molar-refractivity contribution >= 4 is 44.8 Å². The third kappa shape index (κ3) is 2.74. The number of benzene rings is 1. The van der Waals surface area contributed by atoms with Crippen LogP contribution in [0, 0.1) is 23.0 Å². The Morgan fingerprint density at radius 2 is 2.26 bits per heavy atom. The lowest BCUT2D eigenvalue weighted by molar-refractivity contribution is -0.384. The highest BCUT2D eigenvalue weighted by molar-refractivity contribution is 9.09. The molecule has 2 rings (SSSR count). The predicted octanol–water partition coefficient (Wildman–Crippen LogP) is 3.30. The molecule has 0 radical (unpaired) electrons. The monoisotopic (exact) mass is 346 g/mol. The highest BCUT2D eigenvalue weighted by Gasteiger charge is 2.31. The largest absolute Gasteiger partial charge is 0.312 e. The van der Waals surface area contributed by atoms with Gasteiger partial charge in [0, 0.05) is 30.0 Å². The maximum Gasteiger partial charge on any atom is 0.288 e. The average Bonchev–Trinajstić information content (AvgIpc) is 2.72. The summed E-state index contributed by atoms with van der Waals surface area (Å²) < 4.78 is 0. The van der Waals surface area contributed by atoms with E-state index in [1.165, 1.54) is 12.1 Å². The molecule has 7 heteroatoms. The second-order valence-electron chi connectivity index (χ2n) is 4.58. The van der Waals surface area contributed by atoms with Gasteiger partial charge in [0.15, 0.2) is 0 Å². The molecule has 102 valence electrons. The summed E-state index contributed by atoms with van der Waals surface area (Å²) in [5.41, 5.74) is 1.20. The van der Waals surface area contributed by atoms with E-state index in [4.69, 9.17) is 11.6 Å². The van der Waals surface area contributed by atoms with Crippen LogP contribution in [0.4, 0.5) is 11.4 Å². The van der Waals surface area contributed by atoms with Crippen LogP contribution in [-0.4, -0.2) is 22.7 Å². The second-order valence-corrected chi connectivity index (χ2v) is 5.63. The number of amides is 1. The molecule has 1 amide bonds. The van der Waals surface area contributed by atoms with Gasteiger partial charge in [0.2, 0.25) is 5.91 Å². The molecule has 0 bridgehead atoms. The quantitative estimate of drug-likeness (QED) is 0.479. The minimum absolute atomic E-state index is 0.0254. The number of halogens is 2. The van der Waals surface area contributed by atoms with Crippen molar-refractivity contribution in [2.24, 2.45) is 5.92 Å². The third-order valence-electron chi connectivity index (χ3n) is 3.18. The van der Waals surface area contributed by atoms with Gasteiger partial charge in [-0.1, -0.05) is 27.5 Å². The Kier molecular flexibility index (Phi) is 4.10. The highest BCUT2D eigenvalue weighted by atomic mass is 79.9. The zero-order valence-electron chi connectivity index (χ0n) is 10.2. The van der Waals surface area contributed by atoms with Crippen LogP contribution in [0.1, 0.15) is 12.0 Å². The number of hydrogen-bond donors (Lipinski definition) is 0. The van der Waals surface area contributed by atoms with E-state index in [1.807, 2.05) is 0 Å². The Morgan fingerprint density at radius 3 is 2.79 bits per heavy atom. The lowest BCUT2D eigenvalue weighted by atomic mass is 10.1. The Hall–Kier alpha value is -1.14. The molecular weight excluding hydrogens is 336 g/mol. The molecule has 1 aliphatic rings. The molecule has 0 spiro atoms. The predicted molar refractivity (Wildman–Crippen MR) is 77.1 cm³/mol. The molecule has 1 saturated heterocycles. The smallest absolute Gasteiger partial charge is 0.288 e. The van der Waals surface area contributed by atoms with Crippen LogP contribution in [-0.2, 0) is 4.79 Å². The molecule has 19 heavy (non-hydrogen) atoms. The molecule has 1 fully saturated rings. The zero-order valence-corrected chi connectivity index (χ0v) is 12.6. The molecule has 1 heterocycles. The molecule has 1 aromatic rings. The van der Waals surface area contributed by atoms with Crippen molar-refractivity contribution in [1.82, 2.24) is 0 Å². The highest BCUT2D eigenvalue weighted by Crippen LogP contribution is 2.35. The van der Waals surface area contributed by atoms with Gasteiger partial charge in [-0.05, 0) is 24.5 Å². The van der Waals surface area contributed by atoms with Crippen molar-refractivity contribution in [3.05, 3.63) is 32.8 Å². The Balaban J connectivity index is 2.39. The van der Waals surface area contributed by atoms with E-state index in [0.717, 1.165) is 5.33 Å². The first-order valence-corrected chi connectivity index (χ1v) is 7.24. The number of anilines is 1. The van der Waals surface area contributed by atoms with Crippen molar-refractivity contribution in [1.29, 1.82) is 0 Å².